The molecule has 0 saturated carbocycles. The first kappa shape index (κ1) is 15.5. The molecule has 5 heteroatoms. The van der Waals surface area contributed by atoms with Gasteiger partial charge in [-0.1, -0.05) is 29.8 Å². The molecule has 0 bridgehead atoms. The summed E-state index contributed by atoms with van der Waals surface area (Å²) in [5.41, 5.74) is 1.39. The topological polar surface area (TPSA) is 49.3 Å². The molecule has 3 nitrogen and oxygen atoms in total. The molecule has 0 aliphatic carbocycles. The predicted octanol–water partition coefficient (Wildman–Crippen LogP) is 3.25. The first-order valence-corrected chi connectivity index (χ1v) is 6.83. The highest BCUT2D eigenvalue weighted by Crippen LogP contribution is 2.17. The Hall–Kier alpha value is -1.91. The van der Waals surface area contributed by atoms with Gasteiger partial charge in [-0.3, -0.25) is 4.79 Å². The van der Waals surface area contributed by atoms with Gasteiger partial charge in [0.15, 0.2) is 0 Å². The number of aryl methyl sites for hydroxylation is 1. The summed E-state index contributed by atoms with van der Waals surface area (Å²) in [6.45, 7) is 1.73. The average Bonchev–Trinajstić information content (AvgIpc) is 2.47. The van der Waals surface area contributed by atoms with Crippen LogP contribution in [0.15, 0.2) is 42.5 Å². The third-order valence-electron chi connectivity index (χ3n) is 3.14. The van der Waals surface area contributed by atoms with Gasteiger partial charge in [0.1, 0.15) is 5.82 Å². The van der Waals surface area contributed by atoms with E-state index in [1.54, 1.807) is 37.3 Å². The van der Waals surface area contributed by atoms with E-state index in [0.717, 1.165) is 5.56 Å². The van der Waals surface area contributed by atoms with E-state index >= 15 is 0 Å². The molecule has 2 rings (SSSR count). The molecule has 0 aromatic heterocycles. The van der Waals surface area contributed by atoms with Gasteiger partial charge in [-0.05, 0) is 36.8 Å². The second kappa shape index (κ2) is 6.70. The Kier molecular flexibility index (Phi) is 4.94. The molecular formula is C16H15ClFNO2. The van der Waals surface area contributed by atoms with Gasteiger partial charge in [-0.25, -0.2) is 4.39 Å². The van der Waals surface area contributed by atoms with Crippen LogP contribution in [0, 0.1) is 12.7 Å². The number of hydrogen-bond acceptors (Lipinski definition) is 2. The van der Waals surface area contributed by atoms with Crippen LogP contribution < -0.4 is 5.32 Å². The molecule has 0 aliphatic rings. The quantitative estimate of drug-likeness (QED) is 0.911. The Morgan fingerprint density at radius 2 is 2.05 bits per heavy atom. The monoisotopic (exact) mass is 307 g/mol. The Bertz CT molecular complexity index is 660. The number of hydrogen-bond donors (Lipinski definition) is 2. The summed E-state index contributed by atoms with van der Waals surface area (Å²) < 4.78 is 13.5. The Morgan fingerprint density at radius 3 is 2.71 bits per heavy atom. The number of amides is 1. The molecule has 0 radical (unpaired) electrons. The molecule has 2 aromatic carbocycles. The van der Waals surface area contributed by atoms with E-state index in [9.17, 15) is 14.3 Å². The number of carbonyl (C=O) groups is 1. The van der Waals surface area contributed by atoms with Crippen molar-refractivity contribution in [3.05, 3.63) is 70.0 Å². The maximum Gasteiger partial charge on any atom is 0.251 e. The van der Waals surface area contributed by atoms with E-state index in [2.05, 4.69) is 5.32 Å². The van der Waals surface area contributed by atoms with E-state index in [4.69, 9.17) is 11.6 Å². The highest BCUT2D eigenvalue weighted by atomic mass is 35.5. The van der Waals surface area contributed by atoms with Crippen molar-refractivity contribution in [3.8, 4) is 0 Å². The van der Waals surface area contributed by atoms with Gasteiger partial charge in [0, 0.05) is 22.7 Å². The van der Waals surface area contributed by atoms with Crippen LogP contribution in [0.2, 0.25) is 5.02 Å². The lowest BCUT2D eigenvalue weighted by atomic mass is 10.1. The number of nitrogens with one attached hydrogen (secondary N) is 1. The fourth-order valence-corrected chi connectivity index (χ4v) is 2.05. The minimum atomic E-state index is -1.09. The first-order chi connectivity index (χ1) is 9.99. The Labute approximate surface area is 127 Å². The summed E-state index contributed by atoms with van der Waals surface area (Å²) in [6.07, 6.45) is -1.09. The highest BCUT2D eigenvalue weighted by molar-refractivity contribution is 6.31. The lowest BCUT2D eigenvalue weighted by molar-refractivity contribution is 0.0914. The summed E-state index contributed by atoms with van der Waals surface area (Å²) in [7, 11) is 0. The smallest absolute Gasteiger partial charge is 0.251 e. The molecule has 21 heavy (non-hydrogen) atoms. The summed E-state index contributed by atoms with van der Waals surface area (Å²) in [6, 6.07) is 10.8. The molecule has 1 unspecified atom stereocenters. The molecular weight excluding hydrogens is 293 g/mol. The minimum absolute atomic E-state index is 0.0680. The fraction of sp³-hybridized carbons (Fsp3) is 0.188. The van der Waals surface area contributed by atoms with Gasteiger partial charge < -0.3 is 10.4 Å². The molecule has 1 atom stereocenters. The molecule has 1 amide bonds. The number of aliphatic hydroxyl groups is 1. The zero-order valence-electron chi connectivity index (χ0n) is 11.4. The van der Waals surface area contributed by atoms with Gasteiger partial charge in [0.05, 0.1) is 6.10 Å². The van der Waals surface area contributed by atoms with Crippen molar-refractivity contribution >= 4 is 17.5 Å². The van der Waals surface area contributed by atoms with Gasteiger partial charge in [-0.15, -0.1) is 0 Å². The largest absolute Gasteiger partial charge is 0.386 e. The molecule has 0 spiro atoms. The van der Waals surface area contributed by atoms with Gasteiger partial charge >= 0.3 is 0 Å². The van der Waals surface area contributed by atoms with Crippen molar-refractivity contribution in [1.82, 2.24) is 5.32 Å². The standard InChI is InChI=1S/C16H15ClFNO2/c1-10-8-11(6-7-13(10)17)16(21)19-9-15(20)12-4-2-3-5-14(12)18/h2-8,15,20H,9H2,1H3,(H,19,21). The second-order valence-electron chi connectivity index (χ2n) is 4.71. The van der Waals surface area contributed by atoms with E-state index in [0.29, 0.717) is 10.6 Å². The van der Waals surface area contributed by atoms with E-state index in [1.165, 1.54) is 12.1 Å². The molecule has 2 aromatic rings. The Morgan fingerprint density at radius 1 is 1.33 bits per heavy atom. The molecule has 0 saturated heterocycles. The lowest BCUT2D eigenvalue weighted by Gasteiger charge is -2.13. The van der Waals surface area contributed by atoms with Crippen molar-refractivity contribution in [2.75, 3.05) is 6.54 Å². The SMILES string of the molecule is Cc1cc(C(=O)NCC(O)c2ccccc2F)ccc1Cl. The van der Waals surface area contributed by atoms with Crippen LogP contribution >= 0.6 is 11.6 Å². The van der Waals surface area contributed by atoms with Crippen molar-refractivity contribution < 1.29 is 14.3 Å². The number of carbonyl (C=O) groups excluding carboxylic acids is 1. The van der Waals surface area contributed by atoms with Crippen LogP contribution in [0.1, 0.15) is 27.6 Å². The third kappa shape index (κ3) is 3.80. The van der Waals surface area contributed by atoms with Gasteiger partial charge in [0.25, 0.3) is 5.91 Å². The predicted molar refractivity (Wildman–Crippen MR) is 79.9 cm³/mol. The van der Waals surface area contributed by atoms with Crippen molar-refractivity contribution in [3.63, 3.8) is 0 Å². The average molecular weight is 308 g/mol. The van der Waals surface area contributed by atoms with Crippen LogP contribution in [-0.2, 0) is 0 Å². The Balaban J connectivity index is 2.01. The second-order valence-corrected chi connectivity index (χ2v) is 5.12. The fourth-order valence-electron chi connectivity index (χ4n) is 1.93. The van der Waals surface area contributed by atoms with Crippen molar-refractivity contribution in [1.29, 1.82) is 0 Å². The van der Waals surface area contributed by atoms with Crippen molar-refractivity contribution in [2.45, 2.75) is 13.0 Å². The summed E-state index contributed by atoms with van der Waals surface area (Å²) in [5, 5.41) is 13.1. The van der Waals surface area contributed by atoms with Crippen molar-refractivity contribution in [2.24, 2.45) is 0 Å². The van der Waals surface area contributed by atoms with Crippen LogP contribution in [0.4, 0.5) is 4.39 Å². The zero-order chi connectivity index (χ0) is 15.4. The van der Waals surface area contributed by atoms with Crippen LogP contribution in [0.3, 0.4) is 0 Å². The molecule has 0 aliphatic heterocycles. The molecule has 2 N–H and O–H groups in total. The lowest BCUT2D eigenvalue weighted by Crippen LogP contribution is -2.28. The molecule has 0 fully saturated rings. The zero-order valence-corrected chi connectivity index (χ0v) is 12.2. The van der Waals surface area contributed by atoms with E-state index in [-0.39, 0.29) is 18.0 Å². The number of aliphatic hydroxyl groups excluding tert-OH is 1. The highest BCUT2D eigenvalue weighted by Gasteiger charge is 2.14. The van der Waals surface area contributed by atoms with Gasteiger partial charge in [-0.2, -0.15) is 0 Å². The summed E-state index contributed by atoms with van der Waals surface area (Å²) in [4.78, 5) is 12.0. The van der Waals surface area contributed by atoms with Crippen LogP contribution in [-0.4, -0.2) is 17.6 Å². The maximum absolute atomic E-state index is 13.5. The normalized spacial score (nSPS) is 12.0. The first-order valence-electron chi connectivity index (χ1n) is 6.46. The van der Waals surface area contributed by atoms with Crippen LogP contribution in [0.25, 0.3) is 0 Å². The number of rotatable bonds is 4. The number of halogens is 2. The summed E-state index contributed by atoms with van der Waals surface area (Å²) >= 11 is 5.90. The van der Waals surface area contributed by atoms with E-state index < -0.39 is 11.9 Å². The molecule has 0 heterocycles. The summed E-state index contributed by atoms with van der Waals surface area (Å²) in [5.74, 6) is -0.841. The minimum Gasteiger partial charge on any atom is -0.386 e. The van der Waals surface area contributed by atoms with Gasteiger partial charge in [0.2, 0.25) is 0 Å². The maximum atomic E-state index is 13.5. The number of benzene rings is 2. The van der Waals surface area contributed by atoms with E-state index in [1.807, 2.05) is 0 Å². The third-order valence-corrected chi connectivity index (χ3v) is 3.56. The molecule has 110 valence electrons. The van der Waals surface area contributed by atoms with Crippen LogP contribution in [0.5, 0.6) is 0 Å².